The van der Waals surface area contributed by atoms with Crippen LogP contribution in [0.3, 0.4) is 0 Å². The van der Waals surface area contributed by atoms with Crippen LogP contribution in [0.5, 0.6) is 0 Å². The molecule has 0 saturated carbocycles. The quantitative estimate of drug-likeness (QED) is 0.842. The number of sulfonamides is 1. The van der Waals surface area contributed by atoms with Gasteiger partial charge in [-0.1, -0.05) is 27.7 Å². The van der Waals surface area contributed by atoms with Crippen molar-refractivity contribution in [1.29, 1.82) is 0 Å². The summed E-state index contributed by atoms with van der Waals surface area (Å²) in [5.74, 6) is -1.09. The first-order valence-corrected chi connectivity index (χ1v) is 8.94. The van der Waals surface area contributed by atoms with Crippen LogP contribution in [-0.4, -0.2) is 67.7 Å². The van der Waals surface area contributed by atoms with E-state index < -0.39 is 28.1 Å². The Balaban J connectivity index is 3.56. The molecule has 21 heavy (non-hydrogen) atoms. The monoisotopic (exact) mass is 320 g/mol. The van der Waals surface area contributed by atoms with Gasteiger partial charge in [0.15, 0.2) is 0 Å². The van der Waals surface area contributed by atoms with E-state index in [1.807, 2.05) is 32.8 Å². The third-order valence-corrected chi connectivity index (χ3v) is 6.55. The van der Waals surface area contributed by atoms with Crippen LogP contribution in [-0.2, 0) is 14.8 Å². The summed E-state index contributed by atoms with van der Waals surface area (Å²) >= 11 is 0. The smallest absolute Gasteiger partial charge is 0.323 e. The lowest BCUT2D eigenvalue weighted by Gasteiger charge is -2.49. The van der Waals surface area contributed by atoms with Crippen molar-refractivity contribution in [2.24, 2.45) is 10.8 Å². The van der Waals surface area contributed by atoms with Crippen molar-refractivity contribution < 1.29 is 18.3 Å². The lowest BCUT2D eigenvalue weighted by atomic mass is 9.61. The first-order valence-electron chi connectivity index (χ1n) is 7.09. The van der Waals surface area contributed by atoms with Crippen LogP contribution in [0.4, 0.5) is 0 Å². The van der Waals surface area contributed by atoms with Gasteiger partial charge in [0.05, 0.1) is 6.26 Å². The van der Waals surface area contributed by atoms with E-state index >= 15 is 0 Å². The highest BCUT2D eigenvalue weighted by Gasteiger charge is 2.54. The SMILES string of the molecule is CN(C)C1C(C(=O)O)N(S(C)(=O)=O)CCC(C)(C)C1(C)C. The summed E-state index contributed by atoms with van der Waals surface area (Å²) in [5, 5.41) is 9.69. The van der Waals surface area contributed by atoms with Crippen LogP contribution in [0.25, 0.3) is 0 Å². The van der Waals surface area contributed by atoms with E-state index in [4.69, 9.17) is 0 Å². The van der Waals surface area contributed by atoms with Crippen LogP contribution >= 0.6 is 0 Å². The fourth-order valence-corrected chi connectivity index (χ4v) is 4.40. The summed E-state index contributed by atoms with van der Waals surface area (Å²) in [6.07, 6.45) is 1.71. The zero-order valence-corrected chi connectivity index (χ0v) is 14.9. The van der Waals surface area contributed by atoms with Gasteiger partial charge in [0.25, 0.3) is 0 Å². The first-order chi connectivity index (χ1) is 9.23. The van der Waals surface area contributed by atoms with E-state index in [2.05, 4.69) is 13.8 Å². The van der Waals surface area contributed by atoms with Crippen LogP contribution < -0.4 is 0 Å². The molecule has 1 fully saturated rings. The number of carbonyl (C=O) groups is 1. The molecule has 1 aliphatic rings. The molecule has 1 saturated heterocycles. The fourth-order valence-electron chi connectivity index (χ4n) is 3.36. The molecule has 124 valence electrons. The minimum absolute atomic E-state index is 0.185. The standard InChI is InChI=1S/C14H28N2O4S/c1-13(2)8-9-16(21(7,19)20)10(12(17)18)11(15(5)6)14(13,3)4/h10-11H,8-9H2,1-7H3,(H,17,18). The Morgan fingerprint density at radius 3 is 2.05 bits per heavy atom. The average molecular weight is 320 g/mol. The second kappa shape index (κ2) is 5.52. The average Bonchev–Trinajstić information content (AvgIpc) is 2.31. The molecule has 0 spiro atoms. The van der Waals surface area contributed by atoms with Crippen LogP contribution in [0.2, 0.25) is 0 Å². The highest BCUT2D eigenvalue weighted by Crippen LogP contribution is 2.49. The molecule has 0 amide bonds. The first kappa shape index (κ1) is 18.4. The maximum absolute atomic E-state index is 12.1. The van der Waals surface area contributed by atoms with Gasteiger partial charge >= 0.3 is 5.97 Å². The Labute approximate surface area is 128 Å². The lowest BCUT2D eigenvalue weighted by Crippen LogP contribution is -2.60. The van der Waals surface area contributed by atoms with E-state index in [-0.39, 0.29) is 17.4 Å². The molecule has 2 unspecified atom stereocenters. The zero-order chi connectivity index (χ0) is 16.8. The molecule has 1 rings (SSSR count). The van der Waals surface area contributed by atoms with E-state index in [1.165, 1.54) is 0 Å². The normalized spacial score (nSPS) is 30.1. The van der Waals surface area contributed by atoms with E-state index in [0.29, 0.717) is 6.42 Å². The molecule has 0 bridgehead atoms. The number of aliphatic carboxylic acids is 1. The third kappa shape index (κ3) is 3.24. The Hall–Kier alpha value is -0.660. The molecule has 2 atom stereocenters. The molecular formula is C14H28N2O4S. The second-order valence-corrected chi connectivity index (χ2v) is 9.36. The molecule has 0 aliphatic carbocycles. The molecule has 1 heterocycles. The molecule has 0 aromatic rings. The number of carboxylic acid groups (broad SMARTS) is 1. The Bertz CT molecular complexity index is 511. The summed E-state index contributed by atoms with van der Waals surface area (Å²) in [5.41, 5.74) is -0.548. The van der Waals surface area contributed by atoms with Crippen LogP contribution in [0.1, 0.15) is 34.1 Å². The molecule has 0 aromatic heterocycles. The predicted octanol–water partition coefficient (Wildman–Crippen LogP) is 1.09. The van der Waals surface area contributed by atoms with Crippen molar-refractivity contribution in [3.8, 4) is 0 Å². The maximum atomic E-state index is 12.1. The Morgan fingerprint density at radius 2 is 1.71 bits per heavy atom. The summed E-state index contributed by atoms with van der Waals surface area (Å²) in [6.45, 7) is 8.44. The van der Waals surface area contributed by atoms with Gasteiger partial charge in [-0.15, -0.1) is 0 Å². The molecule has 1 N–H and O–H groups in total. The topological polar surface area (TPSA) is 77.9 Å². The number of hydrogen-bond donors (Lipinski definition) is 1. The van der Waals surface area contributed by atoms with Crippen LogP contribution in [0, 0.1) is 10.8 Å². The molecular weight excluding hydrogens is 292 g/mol. The van der Waals surface area contributed by atoms with Crippen molar-refractivity contribution in [2.75, 3.05) is 26.9 Å². The minimum atomic E-state index is -3.58. The highest BCUT2D eigenvalue weighted by atomic mass is 32.2. The lowest BCUT2D eigenvalue weighted by molar-refractivity contribution is -0.145. The summed E-state index contributed by atoms with van der Waals surface area (Å²) in [6, 6.07) is -1.49. The molecule has 0 radical (unpaired) electrons. The van der Waals surface area contributed by atoms with Gasteiger partial charge in [0, 0.05) is 12.6 Å². The fraction of sp³-hybridized carbons (Fsp3) is 0.929. The van der Waals surface area contributed by atoms with Crippen molar-refractivity contribution >= 4 is 16.0 Å². The maximum Gasteiger partial charge on any atom is 0.323 e. The number of hydrogen-bond acceptors (Lipinski definition) is 4. The minimum Gasteiger partial charge on any atom is -0.480 e. The molecule has 0 aromatic carbocycles. The van der Waals surface area contributed by atoms with Crippen molar-refractivity contribution in [1.82, 2.24) is 9.21 Å². The summed E-state index contributed by atoms with van der Waals surface area (Å²) in [7, 11) is 0.0351. The van der Waals surface area contributed by atoms with Gasteiger partial charge < -0.3 is 10.0 Å². The number of nitrogens with zero attached hydrogens (tertiary/aromatic N) is 2. The van der Waals surface area contributed by atoms with Gasteiger partial charge in [-0.2, -0.15) is 4.31 Å². The van der Waals surface area contributed by atoms with Crippen LogP contribution in [0.15, 0.2) is 0 Å². The largest absolute Gasteiger partial charge is 0.480 e. The van der Waals surface area contributed by atoms with Gasteiger partial charge in [0.2, 0.25) is 10.0 Å². The second-order valence-electron chi connectivity index (χ2n) is 7.42. The van der Waals surface area contributed by atoms with Crippen molar-refractivity contribution in [3.05, 3.63) is 0 Å². The van der Waals surface area contributed by atoms with E-state index in [0.717, 1.165) is 10.6 Å². The Kier molecular flexibility index (Phi) is 4.83. The summed E-state index contributed by atoms with van der Waals surface area (Å²) in [4.78, 5) is 13.7. The van der Waals surface area contributed by atoms with E-state index in [9.17, 15) is 18.3 Å². The number of carboxylic acids is 1. The van der Waals surface area contributed by atoms with Gasteiger partial charge in [-0.3, -0.25) is 4.79 Å². The highest BCUT2D eigenvalue weighted by molar-refractivity contribution is 7.88. The van der Waals surface area contributed by atoms with E-state index in [1.54, 1.807) is 0 Å². The van der Waals surface area contributed by atoms with Gasteiger partial charge in [0.1, 0.15) is 6.04 Å². The van der Waals surface area contributed by atoms with Gasteiger partial charge in [-0.25, -0.2) is 8.42 Å². The molecule has 7 heteroatoms. The van der Waals surface area contributed by atoms with Crippen molar-refractivity contribution in [3.63, 3.8) is 0 Å². The number of rotatable bonds is 3. The zero-order valence-electron chi connectivity index (χ0n) is 14.0. The van der Waals surface area contributed by atoms with Crippen molar-refractivity contribution in [2.45, 2.75) is 46.2 Å². The number of likely N-dealkylation sites (N-methyl/N-ethyl adjacent to an activating group) is 1. The third-order valence-electron chi connectivity index (χ3n) is 5.29. The predicted molar refractivity (Wildman–Crippen MR) is 82.6 cm³/mol. The summed E-state index contributed by atoms with van der Waals surface area (Å²) < 4.78 is 25.3. The molecule has 6 nitrogen and oxygen atoms in total. The molecule has 1 aliphatic heterocycles. The Morgan fingerprint density at radius 1 is 1.24 bits per heavy atom. The van der Waals surface area contributed by atoms with Gasteiger partial charge in [-0.05, 0) is 31.3 Å².